The van der Waals surface area contributed by atoms with Gasteiger partial charge in [-0.2, -0.15) is 0 Å². The smallest absolute Gasteiger partial charge is 0.251 e. The molecule has 1 fully saturated rings. The lowest BCUT2D eigenvalue weighted by Crippen LogP contribution is -2.43. The van der Waals surface area contributed by atoms with E-state index >= 15 is 0 Å². The van der Waals surface area contributed by atoms with Crippen molar-refractivity contribution in [1.82, 2.24) is 14.8 Å². The minimum absolute atomic E-state index is 0.0543. The van der Waals surface area contributed by atoms with Crippen molar-refractivity contribution in [1.29, 1.82) is 0 Å². The molecule has 1 amide bonds. The number of carbonyl (C=O) groups excluding carboxylic acids is 1. The van der Waals surface area contributed by atoms with Crippen LogP contribution in [0, 0.1) is 12.8 Å². The number of aryl methyl sites for hydroxylation is 1. The van der Waals surface area contributed by atoms with E-state index < -0.39 is 6.10 Å². The number of hydrogen-bond acceptors (Lipinski definition) is 4. The standard InChI is InChI=1S/C24H33N3O2/c1-19-7-4-5-9-23(19)18-26-13-10-21(11-14-26)16-27(24(28)20(2)29-3)17-22-8-6-12-25-15-22/h4-9,12,15,20-21H,10-11,13-14,16-18H2,1-3H3/t20-/m1/s1. The fraction of sp³-hybridized carbons (Fsp3) is 0.500. The number of methoxy groups -OCH3 is 1. The van der Waals surface area contributed by atoms with Crippen LogP contribution in [0.1, 0.15) is 36.5 Å². The van der Waals surface area contributed by atoms with E-state index in [1.165, 1.54) is 11.1 Å². The van der Waals surface area contributed by atoms with Crippen molar-refractivity contribution in [3.05, 3.63) is 65.5 Å². The molecule has 3 rings (SSSR count). The second-order valence-corrected chi connectivity index (χ2v) is 8.10. The molecule has 5 nitrogen and oxygen atoms in total. The summed E-state index contributed by atoms with van der Waals surface area (Å²) in [5, 5.41) is 0. The van der Waals surface area contributed by atoms with Gasteiger partial charge in [-0.25, -0.2) is 0 Å². The van der Waals surface area contributed by atoms with Crippen molar-refractivity contribution in [2.24, 2.45) is 5.92 Å². The molecule has 0 bridgehead atoms. The van der Waals surface area contributed by atoms with Crippen LogP contribution >= 0.6 is 0 Å². The van der Waals surface area contributed by atoms with Gasteiger partial charge in [0.25, 0.3) is 5.91 Å². The molecule has 1 aliphatic rings. The number of pyridine rings is 1. The fourth-order valence-electron chi connectivity index (χ4n) is 3.97. The summed E-state index contributed by atoms with van der Waals surface area (Å²) in [5.41, 5.74) is 3.82. The Balaban J connectivity index is 1.57. The summed E-state index contributed by atoms with van der Waals surface area (Å²) in [4.78, 5) is 21.5. The van der Waals surface area contributed by atoms with Crippen molar-refractivity contribution in [2.45, 2.75) is 45.9 Å². The first kappa shape index (κ1) is 21.5. The zero-order chi connectivity index (χ0) is 20.6. The third-order valence-corrected chi connectivity index (χ3v) is 5.95. The normalized spacial score (nSPS) is 16.5. The van der Waals surface area contributed by atoms with Gasteiger partial charge in [0.2, 0.25) is 0 Å². The molecule has 2 heterocycles. The molecule has 0 N–H and O–H groups in total. The third kappa shape index (κ3) is 6.12. The summed E-state index contributed by atoms with van der Waals surface area (Å²) in [6.45, 7) is 8.54. The Bertz CT molecular complexity index is 773. The van der Waals surface area contributed by atoms with Gasteiger partial charge in [-0.3, -0.25) is 14.7 Å². The van der Waals surface area contributed by atoms with Crippen molar-refractivity contribution in [2.75, 3.05) is 26.7 Å². The summed E-state index contributed by atoms with van der Waals surface area (Å²) in [7, 11) is 1.59. The highest BCUT2D eigenvalue weighted by atomic mass is 16.5. The van der Waals surface area contributed by atoms with Crippen molar-refractivity contribution < 1.29 is 9.53 Å². The number of likely N-dealkylation sites (tertiary alicyclic amines) is 1. The molecule has 1 saturated heterocycles. The Labute approximate surface area is 174 Å². The molecule has 156 valence electrons. The number of ether oxygens (including phenoxy) is 1. The number of piperidine rings is 1. The molecule has 0 saturated carbocycles. The lowest BCUT2D eigenvalue weighted by molar-refractivity contribution is -0.142. The van der Waals surface area contributed by atoms with E-state index in [0.717, 1.165) is 44.6 Å². The average Bonchev–Trinajstić information content (AvgIpc) is 2.76. The quantitative estimate of drug-likeness (QED) is 0.684. The Morgan fingerprint density at radius 1 is 1.24 bits per heavy atom. The highest BCUT2D eigenvalue weighted by Crippen LogP contribution is 2.22. The van der Waals surface area contributed by atoms with Gasteiger partial charge in [-0.05, 0) is 68.5 Å². The van der Waals surface area contributed by atoms with E-state index in [0.29, 0.717) is 12.5 Å². The average molecular weight is 396 g/mol. The zero-order valence-electron chi connectivity index (χ0n) is 17.9. The summed E-state index contributed by atoms with van der Waals surface area (Å²) in [6, 6.07) is 12.6. The van der Waals surface area contributed by atoms with Crippen molar-refractivity contribution >= 4 is 5.91 Å². The van der Waals surface area contributed by atoms with Gasteiger partial charge in [-0.15, -0.1) is 0 Å². The lowest BCUT2D eigenvalue weighted by Gasteiger charge is -2.35. The largest absolute Gasteiger partial charge is 0.372 e. The molecule has 0 aliphatic carbocycles. The van der Waals surface area contributed by atoms with E-state index in [-0.39, 0.29) is 5.91 Å². The van der Waals surface area contributed by atoms with Gasteiger partial charge < -0.3 is 9.64 Å². The van der Waals surface area contributed by atoms with Crippen LogP contribution in [-0.4, -0.2) is 53.5 Å². The lowest BCUT2D eigenvalue weighted by atomic mass is 9.95. The Kier molecular flexibility index (Phi) is 7.78. The molecule has 2 aromatic rings. The second kappa shape index (κ2) is 10.5. The third-order valence-electron chi connectivity index (χ3n) is 5.95. The van der Waals surface area contributed by atoms with Crippen molar-refractivity contribution in [3.8, 4) is 0 Å². The van der Waals surface area contributed by atoms with Crippen LogP contribution in [0.5, 0.6) is 0 Å². The topological polar surface area (TPSA) is 45.7 Å². The van der Waals surface area contributed by atoms with E-state index in [4.69, 9.17) is 4.74 Å². The van der Waals surface area contributed by atoms with Crippen LogP contribution in [0.3, 0.4) is 0 Å². The molecular weight excluding hydrogens is 362 g/mol. The number of amides is 1. The molecule has 1 aromatic carbocycles. The second-order valence-electron chi connectivity index (χ2n) is 8.10. The Hall–Kier alpha value is -2.24. The zero-order valence-corrected chi connectivity index (χ0v) is 17.9. The number of benzene rings is 1. The number of carbonyl (C=O) groups is 1. The predicted octanol–water partition coefficient (Wildman–Crippen LogP) is 3.67. The number of hydrogen-bond donors (Lipinski definition) is 0. The molecule has 5 heteroatoms. The van der Waals surface area contributed by atoms with Gasteiger partial charge in [0.15, 0.2) is 0 Å². The fourth-order valence-corrected chi connectivity index (χ4v) is 3.97. The first-order valence-corrected chi connectivity index (χ1v) is 10.5. The Morgan fingerprint density at radius 2 is 2.00 bits per heavy atom. The van der Waals surface area contributed by atoms with E-state index in [2.05, 4.69) is 41.1 Å². The summed E-state index contributed by atoms with van der Waals surface area (Å²) >= 11 is 0. The highest BCUT2D eigenvalue weighted by molar-refractivity contribution is 5.80. The molecule has 0 radical (unpaired) electrons. The molecular formula is C24H33N3O2. The van der Waals surface area contributed by atoms with Gasteiger partial charge in [0.1, 0.15) is 6.10 Å². The number of nitrogens with zero attached hydrogens (tertiary/aromatic N) is 3. The van der Waals surface area contributed by atoms with Gasteiger partial charge in [0, 0.05) is 39.1 Å². The minimum Gasteiger partial charge on any atom is -0.372 e. The maximum absolute atomic E-state index is 12.9. The summed E-state index contributed by atoms with van der Waals surface area (Å²) < 4.78 is 5.30. The molecule has 1 atom stereocenters. The van der Waals surface area contributed by atoms with E-state index in [9.17, 15) is 4.79 Å². The first-order valence-electron chi connectivity index (χ1n) is 10.5. The number of aromatic nitrogens is 1. The van der Waals surface area contributed by atoms with Crippen LogP contribution in [0.4, 0.5) is 0 Å². The predicted molar refractivity (Wildman–Crippen MR) is 115 cm³/mol. The van der Waals surface area contributed by atoms with Gasteiger partial charge >= 0.3 is 0 Å². The SMILES string of the molecule is CO[C@H](C)C(=O)N(Cc1cccnc1)CC1CCN(Cc2ccccc2C)CC1. The van der Waals surface area contributed by atoms with Gasteiger partial charge in [0.05, 0.1) is 0 Å². The monoisotopic (exact) mass is 395 g/mol. The molecule has 0 unspecified atom stereocenters. The van der Waals surface area contributed by atoms with Gasteiger partial charge in [-0.1, -0.05) is 30.3 Å². The first-order chi connectivity index (χ1) is 14.1. The summed E-state index contributed by atoms with van der Waals surface area (Å²) in [6.07, 6.45) is 5.40. The maximum Gasteiger partial charge on any atom is 0.251 e. The van der Waals surface area contributed by atoms with Crippen LogP contribution in [0.2, 0.25) is 0 Å². The van der Waals surface area contributed by atoms with Crippen LogP contribution in [0.15, 0.2) is 48.8 Å². The van der Waals surface area contributed by atoms with E-state index in [1.54, 1.807) is 13.3 Å². The molecule has 1 aromatic heterocycles. The van der Waals surface area contributed by atoms with Crippen molar-refractivity contribution in [3.63, 3.8) is 0 Å². The Morgan fingerprint density at radius 3 is 2.66 bits per heavy atom. The number of rotatable bonds is 8. The van der Waals surface area contributed by atoms with Crippen LogP contribution in [0.25, 0.3) is 0 Å². The molecule has 1 aliphatic heterocycles. The highest BCUT2D eigenvalue weighted by Gasteiger charge is 2.26. The maximum atomic E-state index is 12.9. The minimum atomic E-state index is -0.423. The molecule has 29 heavy (non-hydrogen) atoms. The van der Waals surface area contributed by atoms with E-state index in [1.807, 2.05) is 30.2 Å². The molecule has 0 spiro atoms. The summed E-state index contributed by atoms with van der Waals surface area (Å²) in [5.74, 6) is 0.575. The van der Waals surface area contributed by atoms with Crippen LogP contribution < -0.4 is 0 Å². The van der Waals surface area contributed by atoms with Crippen LogP contribution in [-0.2, 0) is 22.6 Å².